The number of primary amides is 1. The number of urea groups is 1. The molecule has 0 saturated carbocycles. The summed E-state index contributed by atoms with van der Waals surface area (Å²) in [7, 11) is 0. The molecule has 4 N–H and O–H groups in total. The molecule has 0 bridgehead atoms. The zero-order valence-corrected chi connectivity index (χ0v) is 16.2. The van der Waals surface area contributed by atoms with E-state index >= 15 is 0 Å². The van der Waals surface area contributed by atoms with Crippen LogP contribution in [-0.2, 0) is 4.79 Å². The predicted octanol–water partition coefficient (Wildman–Crippen LogP) is 4.33. The van der Waals surface area contributed by atoms with E-state index in [1.165, 1.54) is 17.5 Å². The fourth-order valence-corrected chi connectivity index (χ4v) is 3.32. The first kappa shape index (κ1) is 19.7. The monoisotopic (exact) mass is 416 g/mol. The van der Waals surface area contributed by atoms with E-state index < -0.39 is 12.1 Å². The molecule has 1 unspecified atom stereocenters. The maximum Gasteiger partial charge on any atom is 0.312 e. The molecule has 7 nitrogen and oxygen atoms in total. The van der Waals surface area contributed by atoms with Gasteiger partial charge in [0.25, 0.3) is 0 Å². The smallest absolute Gasteiger partial charge is 0.312 e. The SMILES string of the molecule is NC(=O)NC(CC(=O)Nc1ccc(Oc2ccc(Cl)cc2)nc1)c1cccs1. The van der Waals surface area contributed by atoms with Crippen LogP contribution in [0.2, 0.25) is 5.02 Å². The number of nitrogens with two attached hydrogens (primary N) is 1. The van der Waals surface area contributed by atoms with Crippen LogP contribution in [-0.4, -0.2) is 16.9 Å². The Morgan fingerprint density at radius 1 is 1.18 bits per heavy atom. The minimum Gasteiger partial charge on any atom is -0.439 e. The fourth-order valence-electron chi connectivity index (χ4n) is 2.42. The van der Waals surface area contributed by atoms with Crippen LogP contribution in [0.15, 0.2) is 60.1 Å². The molecule has 0 saturated heterocycles. The molecule has 0 aliphatic rings. The van der Waals surface area contributed by atoms with Crippen molar-refractivity contribution in [3.05, 3.63) is 70.0 Å². The second kappa shape index (κ2) is 9.20. The third-order valence-electron chi connectivity index (χ3n) is 3.65. The van der Waals surface area contributed by atoms with Gasteiger partial charge in [-0.3, -0.25) is 4.79 Å². The summed E-state index contributed by atoms with van der Waals surface area (Å²) < 4.78 is 5.61. The maximum atomic E-state index is 12.3. The van der Waals surface area contributed by atoms with E-state index in [-0.39, 0.29) is 12.3 Å². The van der Waals surface area contributed by atoms with Crippen LogP contribution in [0.5, 0.6) is 11.6 Å². The second-order valence-corrected chi connectivity index (χ2v) is 7.19. The number of nitrogens with one attached hydrogen (secondary N) is 2. The quantitative estimate of drug-likeness (QED) is 0.533. The van der Waals surface area contributed by atoms with Crippen molar-refractivity contribution in [1.29, 1.82) is 0 Å². The van der Waals surface area contributed by atoms with Crippen LogP contribution >= 0.6 is 22.9 Å². The van der Waals surface area contributed by atoms with E-state index in [2.05, 4.69) is 15.6 Å². The van der Waals surface area contributed by atoms with Crippen molar-refractivity contribution in [1.82, 2.24) is 10.3 Å². The van der Waals surface area contributed by atoms with Crippen LogP contribution < -0.4 is 21.1 Å². The van der Waals surface area contributed by atoms with Gasteiger partial charge in [0.1, 0.15) is 5.75 Å². The normalized spacial score (nSPS) is 11.5. The molecule has 144 valence electrons. The van der Waals surface area contributed by atoms with Gasteiger partial charge in [-0.05, 0) is 41.8 Å². The molecule has 0 radical (unpaired) electrons. The van der Waals surface area contributed by atoms with E-state index in [4.69, 9.17) is 22.1 Å². The average Bonchev–Trinajstić information content (AvgIpc) is 3.19. The molecule has 2 aromatic heterocycles. The maximum absolute atomic E-state index is 12.3. The summed E-state index contributed by atoms with van der Waals surface area (Å²) in [5, 5.41) is 7.81. The highest BCUT2D eigenvalue weighted by Gasteiger charge is 2.18. The molecule has 0 spiro atoms. The lowest BCUT2D eigenvalue weighted by atomic mass is 10.1. The highest BCUT2D eigenvalue weighted by atomic mass is 35.5. The number of halogens is 1. The van der Waals surface area contributed by atoms with Crippen LogP contribution in [0.25, 0.3) is 0 Å². The number of hydrogen-bond donors (Lipinski definition) is 3. The van der Waals surface area contributed by atoms with Crippen LogP contribution in [0.3, 0.4) is 0 Å². The molecule has 28 heavy (non-hydrogen) atoms. The number of pyridine rings is 1. The van der Waals surface area contributed by atoms with Crippen molar-refractivity contribution in [3.63, 3.8) is 0 Å². The number of carbonyl (C=O) groups excluding carboxylic acids is 2. The molecular weight excluding hydrogens is 400 g/mol. The molecule has 1 atom stereocenters. The number of nitrogens with zero attached hydrogens (tertiary/aromatic N) is 1. The molecule has 0 aliphatic carbocycles. The number of ether oxygens (including phenoxy) is 1. The fraction of sp³-hybridized carbons (Fsp3) is 0.105. The molecule has 2 heterocycles. The Balaban J connectivity index is 1.58. The van der Waals surface area contributed by atoms with Gasteiger partial charge < -0.3 is 21.1 Å². The Morgan fingerprint density at radius 2 is 1.96 bits per heavy atom. The van der Waals surface area contributed by atoms with E-state index in [0.717, 1.165) is 4.88 Å². The minimum atomic E-state index is -0.684. The first-order valence-corrected chi connectivity index (χ1v) is 9.54. The Hall–Kier alpha value is -3.10. The lowest BCUT2D eigenvalue weighted by Crippen LogP contribution is -2.34. The predicted molar refractivity (Wildman–Crippen MR) is 109 cm³/mol. The largest absolute Gasteiger partial charge is 0.439 e. The van der Waals surface area contributed by atoms with Crippen LogP contribution in [0, 0.1) is 0 Å². The van der Waals surface area contributed by atoms with E-state index in [0.29, 0.717) is 22.3 Å². The van der Waals surface area contributed by atoms with Crippen LogP contribution in [0.4, 0.5) is 10.5 Å². The number of carbonyl (C=O) groups is 2. The summed E-state index contributed by atoms with van der Waals surface area (Å²) in [5.41, 5.74) is 5.72. The Labute approximate surface area is 170 Å². The molecular formula is C19H17ClN4O3S. The highest BCUT2D eigenvalue weighted by molar-refractivity contribution is 7.10. The first-order valence-electron chi connectivity index (χ1n) is 8.28. The van der Waals surface area contributed by atoms with Gasteiger partial charge in [0, 0.05) is 16.0 Å². The molecule has 0 fully saturated rings. The van der Waals surface area contributed by atoms with Gasteiger partial charge in [0.05, 0.1) is 24.3 Å². The average molecular weight is 417 g/mol. The number of rotatable bonds is 7. The molecule has 3 rings (SSSR count). The van der Waals surface area contributed by atoms with Gasteiger partial charge in [-0.1, -0.05) is 17.7 Å². The van der Waals surface area contributed by atoms with Gasteiger partial charge in [0.15, 0.2) is 0 Å². The molecule has 9 heteroatoms. The number of anilines is 1. The number of hydrogen-bond acceptors (Lipinski definition) is 5. The topological polar surface area (TPSA) is 106 Å². The summed E-state index contributed by atoms with van der Waals surface area (Å²) in [4.78, 5) is 28.6. The Morgan fingerprint density at radius 3 is 2.57 bits per heavy atom. The minimum absolute atomic E-state index is 0.0481. The number of benzene rings is 1. The third kappa shape index (κ3) is 5.70. The second-order valence-electron chi connectivity index (χ2n) is 5.77. The number of aromatic nitrogens is 1. The zero-order valence-electron chi connectivity index (χ0n) is 14.6. The van der Waals surface area contributed by atoms with Gasteiger partial charge in [-0.2, -0.15) is 0 Å². The van der Waals surface area contributed by atoms with Gasteiger partial charge in [-0.15, -0.1) is 11.3 Å². The molecule has 1 aromatic carbocycles. The van der Waals surface area contributed by atoms with Crippen molar-refractivity contribution in [2.45, 2.75) is 12.5 Å². The van der Waals surface area contributed by atoms with Gasteiger partial charge in [0.2, 0.25) is 11.8 Å². The third-order valence-corrected chi connectivity index (χ3v) is 4.89. The molecule has 3 amide bonds. The lowest BCUT2D eigenvalue weighted by molar-refractivity contribution is -0.116. The van der Waals surface area contributed by atoms with Crippen molar-refractivity contribution >= 4 is 40.6 Å². The van der Waals surface area contributed by atoms with E-state index in [9.17, 15) is 9.59 Å². The van der Waals surface area contributed by atoms with Crippen molar-refractivity contribution in [2.24, 2.45) is 5.73 Å². The van der Waals surface area contributed by atoms with Crippen molar-refractivity contribution in [2.75, 3.05) is 5.32 Å². The Bertz CT molecular complexity index is 931. The molecule has 0 aliphatic heterocycles. The summed E-state index contributed by atoms with van der Waals surface area (Å²) in [6.45, 7) is 0. The van der Waals surface area contributed by atoms with E-state index in [1.54, 1.807) is 36.4 Å². The zero-order chi connectivity index (χ0) is 19.9. The Kier molecular flexibility index (Phi) is 6.46. The number of thiophene rings is 1. The van der Waals surface area contributed by atoms with Crippen LogP contribution in [0.1, 0.15) is 17.3 Å². The van der Waals surface area contributed by atoms with Gasteiger partial charge >= 0.3 is 6.03 Å². The van der Waals surface area contributed by atoms with Crippen molar-refractivity contribution in [3.8, 4) is 11.6 Å². The van der Waals surface area contributed by atoms with E-state index in [1.807, 2.05) is 17.5 Å². The summed E-state index contributed by atoms with van der Waals surface area (Å²) in [5.74, 6) is 0.706. The summed E-state index contributed by atoms with van der Waals surface area (Å²) in [6, 6.07) is 12.7. The molecule has 3 aromatic rings. The van der Waals surface area contributed by atoms with Gasteiger partial charge in [-0.25, -0.2) is 9.78 Å². The summed E-state index contributed by atoms with van der Waals surface area (Å²) in [6.07, 6.45) is 1.54. The summed E-state index contributed by atoms with van der Waals surface area (Å²) >= 11 is 7.28. The first-order chi connectivity index (χ1) is 13.5. The number of amides is 3. The highest BCUT2D eigenvalue weighted by Crippen LogP contribution is 2.24. The van der Waals surface area contributed by atoms with Crippen molar-refractivity contribution < 1.29 is 14.3 Å². The lowest BCUT2D eigenvalue weighted by Gasteiger charge is -2.16. The standard InChI is InChI=1S/C19H17ClN4O3S/c20-12-3-6-14(7-4-12)27-18-8-5-13(11-22-18)23-17(25)10-15(24-19(21)26)16-2-1-9-28-16/h1-9,11,15H,10H2,(H,23,25)(H3,21,24,26).